The van der Waals surface area contributed by atoms with E-state index in [4.69, 9.17) is 5.11 Å². The summed E-state index contributed by atoms with van der Waals surface area (Å²) in [5.74, 6) is 3.87. The molecular weight excluding hydrogens is 396 g/mol. The standard InChI is InChI=1S/C29H50O3/c1-20(11-14-26(2,31)13-6-18-30)23-9-10-24-22-8-7-21-19-27(3,32)16-17-28(21,4)25(22)12-15-29(23,24)5/h7,20,22-25,30-32H,6,8-19H2,1-5H3/t20-,22+,23-,24+,25+,26+,27+,28+,29-/m1/s1. The molecule has 0 aromatic rings. The largest absolute Gasteiger partial charge is 0.396 e. The van der Waals surface area contributed by atoms with Crippen LogP contribution in [0.2, 0.25) is 0 Å². The lowest BCUT2D eigenvalue weighted by molar-refractivity contribution is -0.0716. The average Bonchev–Trinajstić information content (AvgIpc) is 3.08. The van der Waals surface area contributed by atoms with Crippen LogP contribution in [0.3, 0.4) is 0 Å². The highest BCUT2D eigenvalue weighted by atomic mass is 16.3. The van der Waals surface area contributed by atoms with Gasteiger partial charge < -0.3 is 15.3 Å². The molecule has 0 unspecified atom stereocenters. The molecule has 184 valence electrons. The first-order valence-electron chi connectivity index (χ1n) is 13.7. The molecule has 0 amide bonds. The molecule has 0 spiro atoms. The summed E-state index contributed by atoms with van der Waals surface area (Å²) in [5.41, 5.74) is 1.16. The van der Waals surface area contributed by atoms with Crippen molar-refractivity contribution >= 4 is 0 Å². The Kier molecular flexibility index (Phi) is 6.71. The average molecular weight is 447 g/mol. The minimum absolute atomic E-state index is 0.170. The quantitative estimate of drug-likeness (QED) is 0.405. The van der Waals surface area contributed by atoms with Gasteiger partial charge >= 0.3 is 0 Å². The van der Waals surface area contributed by atoms with Gasteiger partial charge in [-0.1, -0.05) is 32.4 Å². The summed E-state index contributed by atoms with van der Waals surface area (Å²) in [6.07, 6.45) is 15.5. The van der Waals surface area contributed by atoms with Gasteiger partial charge in [0.15, 0.2) is 0 Å². The third-order valence-electron chi connectivity index (χ3n) is 11.2. The van der Waals surface area contributed by atoms with E-state index in [0.29, 0.717) is 29.6 Å². The number of rotatable bonds is 7. The summed E-state index contributed by atoms with van der Waals surface area (Å²) in [4.78, 5) is 0. The van der Waals surface area contributed by atoms with Crippen LogP contribution in [0.4, 0.5) is 0 Å². The zero-order valence-electron chi connectivity index (χ0n) is 21.5. The second-order valence-electron chi connectivity index (χ2n) is 13.5. The predicted octanol–water partition coefficient (Wildman–Crippen LogP) is 6.26. The fraction of sp³-hybridized carbons (Fsp3) is 0.931. The van der Waals surface area contributed by atoms with Gasteiger partial charge in [-0.3, -0.25) is 0 Å². The first-order chi connectivity index (χ1) is 14.9. The third kappa shape index (κ3) is 4.36. The first-order valence-corrected chi connectivity index (χ1v) is 13.7. The van der Waals surface area contributed by atoms with Crippen LogP contribution >= 0.6 is 0 Å². The second-order valence-corrected chi connectivity index (χ2v) is 13.5. The van der Waals surface area contributed by atoms with Gasteiger partial charge in [0.05, 0.1) is 11.2 Å². The van der Waals surface area contributed by atoms with E-state index in [1.807, 2.05) is 13.8 Å². The van der Waals surface area contributed by atoms with Crippen LogP contribution in [0.5, 0.6) is 0 Å². The highest BCUT2D eigenvalue weighted by molar-refractivity contribution is 5.26. The Labute approximate surface area is 197 Å². The minimum Gasteiger partial charge on any atom is -0.396 e. The lowest BCUT2D eigenvalue weighted by Gasteiger charge is -2.59. The van der Waals surface area contributed by atoms with Gasteiger partial charge in [-0.05, 0) is 131 Å². The Morgan fingerprint density at radius 3 is 2.53 bits per heavy atom. The van der Waals surface area contributed by atoms with Crippen molar-refractivity contribution in [2.45, 2.75) is 123 Å². The normalized spacial score (nSPS) is 46.4. The number of hydrogen-bond acceptors (Lipinski definition) is 3. The van der Waals surface area contributed by atoms with E-state index >= 15 is 0 Å². The summed E-state index contributed by atoms with van der Waals surface area (Å²) in [6, 6.07) is 0. The molecule has 4 aliphatic carbocycles. The fourth-order valence-electron chi connectivity index (χ4n) is 9.10. The van der Waals surface area contributed by atoms with Gasteiger partial charge in [-0.25, -0.2) is 0 Å². The van der Waals surface area contributed by atoms with E-state index in [1.165, 1.54) is 32.1 Å². The molecule has 0 bridgehead atoms. The van der Waals surface area contributed by atoms with Crippen LogP contribution in [-0.4, -0.2) is 33.1 Å². The summed E-state index contributed by atoms with van der Waals surface area (Å²) in [7, 11) is 0. The molecule has 0 heterocycles. The molecule has 0 radical (unpaired) electrons. The summed E-state index contributed by atoms with van der Waals surface area (Å²) in [6.45, 7) is 11.7. The Bertz CT molecular complexity index is 709. The summed E-state index contributed by atoms with van der Waals surface area (Å²) >= 11 is 0. The van der Waals surface area contributed by atoms with Gasteiger partial charge in [0.25, 0.3) is 0 Å². The van der Waals surface area contributed by atoms with Crippen LogP contribution in [0.25, 0.3) is 0 Å². The van der Waals surface area contributed by atoms with Crippen molar-refractivity contribution < 1.29 is 15.3 Å². The fourth-order valence-corrected chi connectivity index (χ4v) is 9.10. The number of fused-ring (bicyclic) bond motifs is 5. The lowest BCUT2D eigenvalue weighted by Crippen LogP contribution is -2.52. The van der Waals surface area contributed by atoms with Crippen LogP contribution in [-0.2, 0) is 0 Å². The van der Waals surface area contributed by atoms with E-state index in [-0.39, 0.29) is 6.61 Å². The number of aliphatic hydroxyl groups is 3. The lowest BCUT2D eigenvalue weighted by atomic mass is 9.46. The molecule has 0 aromatic heterocycles. The molecular formula is C29H50O3. The minimum atomic E-state index is -0.644. The van der Waals surface area contributed by atoms with Crippen molar-refractivity contribution in [2.75, 3.05) is 6.61 Å². The molecule has 3 heteroatoms. The van der Waals surface area contributed by atoms with E-state index in [2.05, 4.69) is 26.8 Å². The maximum Gasteiger partial charge on any atom is 0.0657 e. The highest BCUT2D eigenvalue weighted by Gasteiger charge is 2.59. The van der Waals surface area contributed by atoms with Gasteiger partial charge in [0.2, 0.25) is 0 Å². The van der Waals surface area contributed by atoms with Gasteiger partial charge in [-0.15, -0.1) is 0 Å². The Morgan fingerprint density at radius 2 is 1.81 bits per heavy atom. The topological polar surface area (TPSA) is 60.7 Å². The Balaban J connectivity index is 1.45. The number of aliphatic hydroxyl groups excluding tert-OH is 1. The molecule has 3 fully saturated rings. The zero-order valence-corrected chi connectivity index (χ0v) is 21.5. The molecule has 0 aliphatic heterocycles. The first kappa shape index (κ1) is 24.7. The van der Waals surface area contributed by atoms with Gasteiger partial charge in [0.1, 0.15) is 0 Å². The molecule has 0 saturated heterocycles. The zero-order chi connectivity index (χ0) is 23.4. The van der Waals surface area contributed by atoms with Crippen molar-refractivity contribution in [2.24, 2.45) is 40.4 Å². The number of hydrogen-bond donors (Lipinski definition) is 3. The SMILES string of the molecule is C[C@H](CC[C@@](C)(O)CCCO)[C@H]1CC[C@H]2[C@@H]3CC=C4C[C@@](C)(O)CC[C@]4(C)[C@H]3CC[C@]12C. The Morgan fingerprint density at radius 1 is 1.06 bits per heavy atom. The Hall–Kier alpha value is -0.380. The van der Waals surface area contributed by atoms with E-state index < -0.39 is 11.2 Å². The molecule has 0 aromatic carbocycles. The highest BCUT2D eigenvalue weighted by Crippen LogP contribution is 2.67. The van der Waals surface area contributed by atoms with Crippen molar-refractivity contribution in [3.8, 4) is 0 Å². The smallest absolute Gasteiger partial charge is 0.0657 e. The summed E-state index contributed by atoms with van der Waals surface area (Å²) in [5, 5.41) is 30.5. The third-order valence-corrected chi connectivity index (χ3v) is 11.2. The summed E-state index contributed by atoms with van der Waals surface area (Å²) < 4.78 is 0. The molecule has 3 N–H and O–H groups in total. The van der Waals surface area contributed by atoms with E-state index in [0.717, 1.165) is 55.8 Å². The molecule has 3 saturated carbocycles. The van der Waals surface area contributed by atoms with Crippen LogP contribution < -0.4 is 0 Å². The molecule has 9 atom stereocenters. The van der Waals surface area contributed by atoms with Crippen LogP contribution in [0.1, 0.15) is 112 Å². The van der Waals surface area contributed by atoms with Crippen molar-refractivity contribution in [1.29, 1.82) is 0 Å². The van der Waals surface area contributed by atoms with Crippen LogP contribution in [0.15, 0.2) is 11.6 Å². The van der Waals surface area contributed by atoms with Crippen molar-refractivity contribution in [3.63, 3.8) is 0 Å². The van der Waals surface area contributed by atoms with Crippen molar-refractivity contribution in [1.82, 2.24) is 0 Å². The van der Waals surface area contributed by atoms with Crippen molar-refractivity contribution in [3.05, 3.63) is 11.6 Å². The maximum absolute atomic E-state index is 10.7. The van der Waals surface area contributed by atoms with E-state index in [1.54, 1.807) is 5.57 Å². The monoisotopic (exact) mass is 446 g/mol. The molecule has 3 nitrogen and oxygen atoms in total. The molecule has 32 heavy (non-hydrogen) atoms. The van der Waals surface area contributed by atoms with Crippen LogP contribution in [0, 0.1) is 40.4 Å². The van der Waals surface area contributed by atoms with Gasteiger partial charge in [0, 0.05) is 6.61 Å². The second kappa shape index (κ2) is 8.68. The van der Waals surface area contributed by atoms with E-state index in [9.17, 15) is 10.2 Å². The predicted molar refractivity (Wildman–Crippen MR) is 131 cm³/mol. The molecule has 4 rings (SSSR count). The maximum atomic E-state index is 10.7. The van der Waals surface area contributed by atoms with Gasteiger partial charge in [-0.2, -0.15) is 0 Å². The number of allylic oxidation sites excluding steroid dienone is 1. The molecule has 4 aliphatic rings.